The second kappa shape index (κ2) is 9.67. The fourth-order valence-electron chi connectivity index (χ4n) is 2.92. The maximum absolute atomic E-state index is 12.6. The molecule has 1 N–H and O–H groups in total. The molecule has 5 heteroatoms. The minimum Gasteiger partial charge on any atom is -0.495 e. The molecule has 0 saturated carbocycles. The van der Waals surface area contributed by atoms with Crippen molar-refractivity contribution >= 4 is 35.0 Å². The number of benzene rings is 3. The predicted molar refractivity (Wildman–Crippen MR) is 119 cm³/mol. The highest BCUT2D eigenvalue weighted by Crippen LogP contribution is 2.36. The van der Waals surface area contributed by atoms with Gasteiger partial charge in [0.25, 0.3) is 0 Å². The molecule has 0 aromatic heterocycles. The van der Waals surface area contributed by atoms with Crippen LogP contribution >= 0.6 is 23.4 Å². The number of amides is 1. The number of ether oxygens (including phenoxy) is 1. The zero-order valence-electron chi connectivity index (χ0n) is 15.8. The van der Waals surface area contributed by atoms with Crippen LogP contribution in [0.2, 0.25) is 5.02 Å². The van der Waals surface area contributed by atoms with Crippen LogP contribution in [0.3, 0.4) is 0 Å². The second-order valence-electron chi connectivity index (χ2n) is 6.41. The van der Waals surface area contributed by atoms with Crippen molar-refractivity contribution < 1.29 is 9.53 Å². The zero-order chi connectivity index (χ0) is 19.9. The number of anilines is 1. The van der Waals surface area contributed by atoms with Crippen LogP contribution in [0.25, 0.3) is 0 Å². The molecule has 0 heterocycles. The van der Waals surface area contributed by atoms with Crippen LogP contribution in [-0.4, -0.2) is 18.8 Å². The van der Waals surface area contributed by atoms with Crippen LogP contribution in [0.1, 0.15) is 21.9 Å². The van der Waals surface area contributed by atoms with E-state index in [0.717, 1.165) is 16.7 Å². The Morgan fingerprint density at radius 2 is 1.71 bits per heavy atom. The number of carbonyl (C=O) groups is 1. The topological polar surface area (TPSA) is 38.3 Å². The molecule has 0 bridgehead atoms. The molecule has 1 atom stereocenters. The fourth-order valence-corrected chi connectivity index (χ4v) is 4.13. The molecule has 1 amide bonds. The quantitative estimate of drug-likeness (QED) is 0.509. The van der Waals surface area contributed by atoms with Crippen LogP contribution in [0.4, 0.5) is 5.69 Å². The fraction of sp³-hybridized carbons (Fsp3) is 0.174. The minimum absolute atomic E-state index is 0.0450. The highest BCUT2D eigenvalue weighted by molar-refractivity contribution is 8.00. The Morgan fingerprint density at radius 1 is 1.04 bits per heavy atom. The summed E-state index contributed by atoms with van der Waals surface area (Å²) in [7, 11) is 1.60. The first kappa shape index (κ1) is 20.3. The van der Waals surface area contributed by atoms with Gasteiger partial charge in [-0.3, -0.25) is 4.79 Å². The normalized spacial score (nSPS) is 11.7. The Kier molecular flexibility index (Phi) is 7.01. The number of thioether (sulfide) groups is 1. The SMILES string of the molecule is COc1ccc(C)cc1NC(=O)CSC(c1ccccc1)c1ccc(Cl)cc1. The van der Waals surface area contributed by atoms with E-state index >= 15 is 0 Å². The van der Waals surface area contributed by atoms with E-state index in [4.69, 9.17) is 16.3 Å². The number of carbonyl (C=O) groups excluding carboxylic acids is 1. The Morgan fingerprint density at radius 3 is 2.39 bits per heavy atom. The number of methoxy groups -OCH3 is 1. The molecule has 3 rings (SSSR count). The van der Waals surface area contributed by atoms with Gasteiger partial charge in [-0.1, -0.05) is 60.1 Å². The lowest BCUT2D eigenvalue weighted by Crippen LogP contribution is -2.16. The van der Waals surface area contributed by atoms with Crippen LogP contribution < -0.4 is 10.1 Å². The molecule has 0 radical (unpaired) electrons. The van der Waals surface area contributed by atoms with Crippen LogP contribution in [0.15, 0.2) is 72.8 Å². The first-order valence-electron chi connectivity index (χ1n) is 8.93. The third kappa shape index (κ3) is 5.31. The Hall–Kier alpha value is -2.43. The van der Waals surface area contributed by atoms with E-state index in [0.29, 0.717) is 22.2 Å². The van der Waals surface area contributed by atoms with Gasteiger partial charge < -0.3 is 10.1 Å². The molecule has 0 saturated heterocycles. The third-order valence-electron chi connectivity index (χ3n) is 4.29. The number of hydrogen-bond acceptors (Lipinski definition) is 3. The van der Waals surface area contributed by atoms with Gasteiger partial charge >= 0.3 is 0 Å². The molecule has 28 heavy (non-hydrogen) atoms. The van der Waals surface area contributed by atoms with Gasteiger partial charge in [0.2, 0.25) is 5.91 Å². The average molecular weight is 412 g/mol. The number of hydrogen-bond donors (Lipinski definition) is 1. The summed E-state index contributed by atoms with van der Waals surface area (Å²) in [5, 5.41) is 3.71. The lowest BCUT2D eigenvalue weighted by atomic mass is 10.0. The number of halogens is 1. The Bertz CT molecular complexity index is 929. The molecule has 3 aromatic carbocycles. The maximum atomic E-state index is 12.6. The van der Waals surface area contributed by atoms with Crippen molar-refractivity contribution in [1.29, 1.82) is 0 Å². The predicted octanol–water partition coefficient (Wildman–Crippen LogP) is 6.12. The molecular formula is C23H22ClNO2S. The van der Waals surface area contributed by atoms with Crippen molar-refractivity contribution in [3.05, 3.63) is 94.5 Å². The van der Waals surface area contributed by atoms with Gasteiger partial charge in [-0.2, -0.15) is 0 Å². The zero-order valence-corrected chi connectivity index (χ0v) is 17.4. The number of aryl methyl sites for hydroxylation is 1. The third-order valence-corrected chi connectivity index (χ3v) is 5.84. The largest absolute Gasteiger partial charge is 0.495 e. The van der Waals surface area contributed by atoms with E-state index in [9.17, 15) is 4.79 Å². The molecule has 3 nitrogen and oxygen atoms in total. The van der Waals surface area contributed by atoms with Gasteiger partial charge in [0.1, 0.15) is 5.75 Å². The van der Waals surface area contributed by atoms with Gasteiger partial charge in [-0.25, -0.2) is 0 Å². The molecule has 0 aliphatic rings. The van der Waals surface area contributed by atoms with Crippen LogP contribution in [-0.2, 0) is 4.79 Å². The first-order chi connectivity index (χ1) is 13.6. The average Bonchev–Trinajstić information content (AvgIpc) is 2.70. The molecule has 144 valence electrons. The molecular weight excluding hydrogens is 390 g/mol. The molecule has 0 fully saturated rings. The highest BCUT2D eigenvalue weighted by Gasteiger charge is 2.17. The molecule has 0 spiro atoms. The minimum atomic E-state index is -0.0659. The van der Waals surface area contributed by atoms with E-state index in [1.165, 1.54) is 0 Å². The number of rotatable bonds is 7. The summed E-state index contributed by atoms with van der Waals surface area (Å²) in [6.07, 6.45) is 0. The van der Waals surface area contributed by atoms with Gasteiger partial charge in [0.05, 0.1) is 23.8 Å². The second-order valence-corrected chi connectivity index (χ2v) is 7.94. The summed E-state index contributed by atoms with van der Waals surface area (Å²) in [4.78, 5) is 12.6. The van der Waals surface area contributed by atoms with E-state index in [1.807, 2.05) is 67.6 Å². The molecule has 3 aromatic rings. The smallest absolute Gasteiger partial charge is 0.234 e. The summed E-state index contributed by atoms with van der Waals surface area (Å²) < 4.78 is 5.34. The van der Waals surface area contributed by atoms with Crippen molar-refractivity contribution in [3.63, 3.8) is 0 Å². The van der Waals surface area contributed by atoms with Crippen molar-refractivity contribution in [1.82, 2.24) is 0 Å². The lowest BCUT2D eigenvalue weighted by molar-refractivity contribution is -0.113. The van der Waals surface area contributed by atoms with Crippen molar-refractivity contribution in [2.24, 2.45) is 0 Å². The summed E-state index contributed by atoms with van der Waals surface area (Å²) in [5.74, 6) is 0.907. The lowest BCUT2D eigenvalue weighted by Gasteiger charge is -2.18. The molecule has 1 unspecified atom stereocenters. The van der Waals surface area contributed by atoms with E-state index < -0.39 is 0 Å². The van der Waals surface area contributed by atoms with Gasteiger partial charge in [-0.05, 0) is 47.9 Å². The summed E-state index contributed by atoms with van der Waals surface area (Å²) in [5.41, 5.74) is 4.01. The van der Waals surface area contributed by atoms with E-state index in [-0.39, 0.29) is 11.2 Å². The number of nitrogens with one attached hydrogen (secondary N) is 1. The summed E-state index contributed by atoms with van der Waals surface area (Å²) in [6.45, 7) is 1.98. The van der Waals surface area contributed by atoms with Crippen LogP contribution in [0.5, 0.6) is 5.75 Å². The van der Waals surface area contributed by atoms with E-state index in [1.54, 1.807) is 18.9 Å². The Labute approximate surface area is 175 Å². The molecule has 0 aliphatic heterocycles. The van der Waals surface area contributed by atoms with Crippen molar-refractivity contribution in [2.75, 3.05) is 18.2 Å². The standard InChI is InChI=1S/C23H22ClNO2S/c1-16-8-13-21(27-2)20(14-16)25-22(26)15-28-23(17-6-4-3-5-7-17)18-9-11-19(24)12-10-18/h3-14,23H,15H2,1-2H3,(H,25,26). The van der Waals surface area contributed by atoms with Gasteiger partial charge in [0.15, 0.2) is 0 Å². The van der Waals surface area contributed by atoms with Gasteiger partial charge in [0, 0.05) is 5.02 Å². The molecule has 0 aliphatic carbocycles. The first-order valence-corrected chi connectivity index (χ1v) is 10.4. The van der Waals surface area contributed by atoms with Crippen molar-refractivity contribution in [3.8, 4) is 5.75 Å². The highest BCUT2D eigenvalue weighted by atomic mass is 35.5. The maximum Gasteiger partial charge on any atom is 0.234 e. The van der Waals surface area contributed by atoms with Crippen LogP contribution in [0, 0.1) is 6.92 Å². The summed E-state index contributed by atoms with van der Waals surface area (Å²) >= 11 is 7.62. The van der Waals surface area contributed by atoms with E-state index in [2.05, 4.69) is 17.4 Å². The van der Waals surface area contributed by atoms with Crippen molar-refractivity contribution in [2.45, 2.75) is 12.2 Å². The Balaban J connectivity index is 1.74. The summed E-state index contributed by atoms with van der Waals surface area (Å²) in [6, 6.07) is 23.7. The monoisotopic (exact) mass is 411 g/mol. The van der Waals surface area contributed by atoms with Gasteiger partial charge in [-0.15, -0.1) is 11.8 Å².